The van der Waals surface area contributed by atoms with E-state index in [0.717, 1.165) is 17.0 Å². The van der Waals surface area contributed by atoms with E-state index in [2.05, 4.69) is 4.98 Å². The van der Waals surface area contributed by atoms with Gasteiger partial charge in [0.05, 0.1) is 17.3 Å². The average molecular weight is 322 g/mol. The van der Waals surface area contributed by atoms with Crippen molar-refractivity contribution in [3.8, 4) is 6.07 Å². The van der Waals surface area contributed by atoms with Crippen molar-refractivity contribution in [2.45, 2.75) is 12.1 Å². The molecule has 0 radical (unpaired) electrons. The van der Waals surface area contributed by atoms with Crippen molar-refractivity contribution in [1.29, 1.82) is 5.26 Å². The van der Waals surface area contributed by atoms with E-state index in [1.165, 1.54) is 17.4 Å². The Balaban J connectivity index is 2.18. The molecule has 0 bridgehead atoms. The summed E-state index contributed by atoms with van der Waals surface area (Å²) in [5.74, 6) is -1.75. The maximum atomic E-state index is 12.5. The molecule has 0 aliphatic heterocycles. The zero-order valence-electron chi connectivity index (χ0n) is 11.0. The van der Waals surface area contributed by atoms with Crippen molar-refractivity contribution in [3.05, 3.63) is 58.1 Å². The molecule has 0 spiro atoms. The van der Waals surface area contributed by atoms with Crippen molar-refractivity contribution in [3.63, 3.8) is 0 Å². The Kier molecular flexibility index (Phi) is 4.73. The molecule has 2 heterocycles. The van der Waals surface area contributed by atoms with Gasteiger partial charge in [-0.2, -0.15) is 18.4 Å². The first-order chi connectivity index (χ1) is 10.4. The van der Waals surface area contributed by atoms with Crippen LogP contribution in [-0.4, -0.2) is 10.8 Å². The van der Waals surface area contributed by atoms with E-state index in [-0.39, 0.29) is 5.69 Å². The molecule has 0 N–H and O–H groups in total. The molecule has 1 unspecified atom stereocenters. The van der Waals surface area contributed by atoms with Gasteiger partial charge >= 0.3 is 6.18 Å². The average Bonchev–Trinajstić information content (AvgIpc) is 2.99. The minimum atomic E-state index is -4.50. The minimum absolute atomic E-state index is 0.00340. The Morgan fingerprint density at radius 2 is 2.14 bits per heavy atom. The predicted molar refractivity (Wildman–Crippen MR) is 76.0 cm³/mol. The minimum Gasteiger partial charge on any atom is -0.293 e. The molecule has 7 heteroatoms. The number of allylic oxidation sites excluding steroid dienone is 1. The molecule has 2 aromatic rings. The first kappa shape index (κ1) is 15.9. The molecule has 2 rings (SSSR count). The fourth-order valence-corrected chi connectivity index (χ4v) is 2.28. The summed E-state index contributed by atoms with van der Waals surface area (Å²) in [6.07, 6.45) is -1.09. The van der Waals surface area contributed by atoms with Crippen LogP contribution in [0.5, 0.6) is 0 Å². The van der Waals surface area contributed by atoms with Crippen LogP contribution in [0.15, 0.2) is 41.9 Å². The van der Waals surface area contributed by atoms with Gasteiger partial charge in [-0.15, -0.1) is 11.3 Å². The lowest BCUT2D eigenvalue weighted by atomic mass is 10.00. The lowest BCUT2D eigenvalue weighted by Gasteiger charge is -2.08. The van der Waals surface area contributed by atoms with E-state index in [4.69, 9.17) is 5.26 Å². The number of hydrogen-bond acceptors (Lipinski definition) is 4. The summed E-state index contributed by atoms with van der Waals surface area (Å²) in [4.78, 5) is 16.4. The van der Waals surface area contributed by atoms with Crippen molar-refractivity contribution in [2.75, 3.05) is 0 Å². The van der Waals surface area contributed by atoms with Crippen LogP contribution in [0.1, 0.15) is 22.1 Å². The highest BCUT2D eigenvalue weighted by atomic mass is 32.1. The number of pyridine rings is 1. The van der Waals surface area contributed by atoms with Gasteiger partial charge in [0.25, 0.3) is 0 Å². The molecule has 0 saturated heterocycles. The van der Waals surface area contributed by atoms with Gasteiger partial charge in [-0.1, -0.05) is 6.07 Å². The number of nitriles is 1. The molecule has 112 valence electrons. The SMILES string of the molecule is N#CC(C(=O)/C=C/c1cccs1)c1ccc(C(F)(F)F)cn1. The monoisotopic (exact) mass is 322 g/mol. The molecular weight excluding hydrogens is 313 g/mol. The van der Waals surface area contributed by atoms with Crippen molar-refractivity contribution < 1.29 is 18.0 Å². The summed E-state index contributed by atoms with van der Waals surface area (Å²) in [5.41, 5.74) is -0.925. The summed E-state index contributed by atoms with van der Waals surface area (Å²) in [5, 5.41) is 10.9. The standard InChI is InChI=1S/C15H9F3N2OS/c16-15(17,18)10-3-5-13(20-9-10)12(8-19)14(21)6-4-11-2-1-7-22-11/h1-7,9,12H/b6-4+. The smallest absolute Gasteiger partial charge is 0.293 e. The predicted octanol–water partition coefficient (Wildman–Crippen LogP) is 4.05. The van der Waals surface area contributed by atoms with Gasteiger partial charge in [0, 0.05) is 11.1 Å². The van der Waals surface area contributed by atoms with E-state index in [0.29, 0.717) is 6.20 Å². The Morgan fingerprint density at radius 1 is 1.36 bits per heavy atom. The highest BCUT2D eigenvalue weighted by molar-refractivity contribution is 7.10. The largest absolute Gasteiger partial charge is 0.417 e. The van der Waals surface area contributed by atoms with Gasteiger partial charge < -0.3 is 0 Å². The first-order valence-electron chi connectivity index (χ1n) is 6.10. The highest BCUT2D eigenvalue weighted by Gasteiger charge is 2.31. The topological polar surface area (TPSA) is 53.8 Å². The number of hydrogen-bond donors (Lipinski definition) is 0. The fourth-order valence-electron chi connectivity index (χ4n) is 1.67. The number of carbonyl (C=O) groups is 1. The molecule has 0 aliphatic rings. The van der Waals surface area contributed by atoms with Crippen molar-refractivity contribution >= 4 is 23.2 Å². The van der Waals surface area contributed by atoms with E-state index in [1.807, 2.05) is 11.4 Å². The van der Waals surface area contributed by atoms with Crippen molar-refractivity contribution in [1.82, 2.24) is 4.98 Å². The Hall–Kier alpha value is -2.46. The Morgan fingerprint density at radius 3 is 2.64 bits per heavy atom. The number of aromatic nitrogens is 1. The van der Waals surface area contributed by atoms with Gasteiger partial charge in [-0.25, -0.2) is 0 Å². The summed E-state index contributed by atoms with van der Waals surface area (Å²) in [6.45, 7) is 0. The first-order valence-corrected chi connectivity index (χ1v) is 6.98. The van der Waals surface area contributed by atoms with Gasteiger partial charge in [-0.05, 0) is 35.7 Å². The quantitative estimate of drug-likeness (QED) is 0.798. The van der Waals surface area contributed by atoms with Crippen LogP contribution in [0.2, 0.25) is 0 Å². The summed E-state index contributed by atoms with van der Waals surface area (Å²) < 4.78 is 37.4. The van der Waals surface area contributed by atoms with Gasteiger partial charge in [0.15, 0.2) is 11.7 Å². The van der Waals surface area contributed by atoms with Crippen LogP contribution in [-0.2, 0) is 11.0 Å². The number of rotatable bonds is 4. The van der Waals surface area contributed by atoms with Crippen LogP contribution in [0.4, 0.5) is 13.2 Å². The van der Waals surface area contributed by atoms with Crippen LogP contribution < -0.4 is 0 Å². The third-order valence-electron chi connectivity index (χ3n) is 2.78. The zero-order valence-corrected chi connectivity index (χ0v) is 11.9. The third kappa shape index (κ3) is 3.80. The number of thiophene rings is 1. The molecule has 0 saturated carbocycles. The Labute approximate surface area is 128 Å². The molecule has 3 nitrogen and oxygen atoms in total. The van der Waals surface area contributed by atoms with Crippen molar-refractivity contribution in [2.24, 2.45) is 0 Å². The number of halogens is 3. The van der Waals surface area contributed by atoms with E-state index >= 15 is 0 Å². The molecular formula is C15H9F3N2OS. The van der Waals surface area contributed by atoms with Gasteiger partial charge in [0.1, 0.15) is 0 Å². The normalized spacial score (nSPS) is 13.0. The molecule has 0 amide bonds. The maximum absolute atomic E-state index is 12.5. The number of carbonyl (C=O) groups excluding carboxylic acids is 1. The zero-order chi connectivity index (χ0) is 16.2. The third-order valence-corrected chi connectivity index (χ3v) is 3.62. The van der Waals surface area contributed by atoms with Crippen LogP contribution in [0, 0.1) is 11.3 Å². The number of nitrogens with zero attached hydrogens (tertiary/aromatic N) is 2. The molecule has 22 heavy (non-hydrogen) atoms. The molecule has 0 aliphatic carbocycles. The second kappa shape index (κ2) is 6.54. The Bertz CT molecular complexity index is 713. The van der Waals surface area contributed by atoms with Crippen LogP contribution in [0.3, 0.4) is 0 Å². The lowest BCUT2D eigenvalue weighted by molar-refractivity contribution is -0.137. The summed E-state index contributed by atoms with van der Waals surface area (Å²) in [6, 6.07) is 7.23. The fraction of sp³-hybridized carbons (Fsp3) is 0.133. The lowest BCUT2D eigenvalue weighted by Crippen LogP contribution is -2.11. The molecule has 0 fully saturated rings. The van der Waals surface area contributed by atoms with Gasteiger partial charge in [0.2, 0.25) is 0 Å². The van der Waals surface area contributed by atoms with Gasteiger partial charge in [-0.3, -0.25) is 9.78 Å². The highest BCUT2D eigenvalue weighted by Crippen LogP contribution is 2.29. The second-order valence-corrected chi connectivity index (χ2v) is 5.26. The second-order valence-electron chi connectivity index (χ2n) is 4.28. The number of alkyl halides is 3. The molecule has 2 aromatic heterocycles. The maximum Gasteiger partial charge on any atom is 0.417 e. The van der Waals surface area contributed by atoms with E-state index in [1.54, 1.807) is 18.2 Å². The van der Waals surface area contributed by atoms with Crippen LogP contribution >= 0.6 is 11.3 Å². The van der Waals surface area contributed by atoms with E-state index in [9.17, 15) is 18.0 Å². The van der Waals surface area contributed by atoms with E-state index < -0.39 is 23.4 Å². The molecule has 1 atom stereocenters. The summed E-state index contributed by atoms with van der Waals surface area (Å²) in [7, 11) is 0. The van der Waals surface area contributed by atoms with Crippen LogP contribution in [0.25, 0.3) is 6.08 Å². The number of ketones is 1. The molecule has 0 aromatic carbocycles. The summed E-state index contributed by atoms with van der Waals surface area (Å²) >= 11 is 1.42.